The molecule has 1 fully saturated rings. The van der Waals surface area contributed by atoms with Gasteiger partial charge in [0.25, 0.3) is 0 Å². The lowest BCUT2D eigenvalue weighted by molar-refractivity contribution is -0.137. The minimum atomic E-state index is -4.38. The Hall–Kier alpha value is -1.46. The van der Waals surface area contributed by atoms with Crippen LogP contribution in [0.2, 0.25) is 0 Å². The Balaban J connectivity index is 2.27. The Morgan fingerprint density at radius 1 is 1.33 bits per heavy atom. The number of hydrogen-bond donors (Lipinski definition) is 2. The average molecular weight is 217 g/mol. The standard InChI is InChI=1S/C9H10F3N3/c10-9(11,12)5-3-7(13)15-8(4-5)14-6-1-2-6/h3-4,6H,1-2H2,(H3,13,14,15). The summed E-state index contributed by atoms with van der Waals surface area (Å²) >= 11 is 0. The molecule has 0 atom stereocenters. The fourth-order valence-electron chi connectivity index (χ4n) is 1.23. The van der Waals surface area contributed by atoms with Crippen molar-refractivity contribution in [2.45, 2.75) is 25.1 Å². The second-order valence-electron chi connectivity index (χ2n) is 3.58. The smallest absolute Gasteiger partial charge is 0.384 e. The maximum atomic E-state index is 12.4. The van der Waals surface area contributed by atoms with Gasteiger partial charge < -0.3 is 11.1 Å². The van der Waals surface area contributed by atoms with Gasteiger partial charge in [-0.05, 0) is 25.0 Å². The van der Waals surface area contributed by atoms with Crippen LogP contribution in [0.25, 0.3) is 0 Å². The van der Waals surface area contributed by atoms with E-state index in [0.29, 0.717) is 0 Å². The molecule has 1 aliphatic rings. The number of aromatic nitrogens is 1. The van der Waals surface area contributed by atoms with Crippen LogP contribution < -0.4 is 11.1 Å². The van der Waals surface area contributed by atoms with Crippen LogP contribution in [0.15, 0.2) is 12.1 Å². The van der Waals surface area contributed by atoms with E-state index in [9.17, 15) is 13.2 Å². The predicted molar refractivity (Wildman–Crippen MR) is 50.3 cm³/mol. The molecule has 1 aromatic rings. The molecular weight excluding hydrogens is 207 g/mol. The number of nitrogen functional groups attached to an aromatic ring is 1. The predicted octanol–water partition coefficient (Wildman–Crippen LogP) is 2.26. The number of rotatable bonds is 2. The Morgan fingerprint density at radius 2 is 2.00 bits per heavy atom. The normalized spacial score (nSPS) is 16.5. The molecule has 6 heteroatoms. The van der Waals surface area contributed by atoms with Gasteiger partial charge in [0, 0.05) is 6.04 Å². The zero-order valence-electron chi connectivity index (χ0n) is 7.80. The molecule has 0 radical (unpaired) electrons. The average Bonchev–Trinajstić information content (AvgIpc) is 2.85. The first-order valence-electron chi connectivity index (χ1n) is 4.56. The number of pyridine rings is 1. The lowest BCUT2D eigenvalue weighted by atomic mass is 10.2. The van der Waals surface area contributed by atoms with Gasteiger partial charge in [-0.3, -0.25) is 0 Å². The van der Waals surface area contributed by atoms with Gasteiger partial charge in [-0.25, -0.2) is 4.98 Å². The second-order valence-corrected chi connectivity index (χ2v) is 3.58. The van der Waals surface area contributed by atoms with Crippen molar-refractivity contribution in [3.05, 3.63) is 17.7 Å². The molecular formula is C9H10F3N3. The summed E-state index contributed by atoms with van der Waals surface area (Å²) in [6.07, 6.45) is -2.44. The van der Waals surface area contributed by atoms with E-state index in [1.807, 2.05) is 0 Å². The van der Waals surface area contributed by atoms with Crippen LogP contribution in [0.3, 0.4) is 0 Å². The topological polar surface area (TPSA) is 50.9 Å². The maximum absolute atomic E-state index is 12.4. The van der Waals surface area contributed by atoms with Crippen molar-refractivity contribution >= 4 is 11.6 Å². The molecule has 1 heterocycles. The largest absolute Gasteiger partial charge is 0.416 e. The number of anilines is 2. The summed E-state index contributed by atoms with van der Waals surface area (Å²) in [5.74, 6) is 0.0813. The van der Waals surface area contributed by atoms with Crippen molar-refractivity contribution in [1.29, 1.82) is 0 Å². The molecule has 1 aromatic heterocycles. The van der Waals surface area contributed by atoms with Crippen molar-refractivity contribution in [2.24, 2.45) is 0 Å². The summed E-state index contributed by atoms with van der Waals surface area (Å²) in [7, 11) is 0. The zero-order chi connectivity index (χ0) is 11.1. The van der Waals surface area contributed by atoms with Gasteiger partial charge in [-0.15, -0.1) is 0 Å². The molecule has 0 aromatic carbocycles. The third kappa shape index (κ3) is 2.51. The molecule has 1 aliphatic carbocycles. The molecule has 0 amide bonds. The van der Waals surface area contributed by atoms with E-state index in [1.54, 1.807) is 0 Å². The van der Waals surface area contributed by atoms with E-state index in [0.717, 1.165) is 25.0 Å². The fourth-order valence-corrected chi connectivity index (χ4v) is 1.23. The molecule has 0 bridgehead atoms. The lowest BCUT2D eigenvalue weighted by Crippen LogP contribution is -2.10. The SMILES string of the molecule is Nc1cc(C(F)(F)F)cc(NC2CC2)n1. The molecule has 1 saturated carbocycles. The molecule has 15 heavy (non-hydrogen) atoms. The van der Waals surface area contributed by atoms with Gasteiger partial charge >= 0.3 is 6.18 Å². The summed E-state index contributed by atoms with van der Waals surface area (Å²) < 4.78 is 37.2. The molecule has 82 valence electrons. The summed E-state index contributed by atoms with van der Waals surface area (Å²) in [5, 5.41) is 2.88. The van der Waals surface area contributed by atoms with E-state index < -0.39 is 11.7 Å². The third-order valence-electron chi connectivity index (χ3n) is 2.10. The highest BCUT2D eigenvalue weighted by Gasteiger charge is 2.32. The highest BCUT2D eigenvalue weighted by Crippen LogP contribution is 2.32. The molecule has 0 spiro atoms. The Labute approximate surface area is 84.5 Å². The number of halogens is 3. The summed E-state index contributed by atoms with van der Waals surface area (Å²) in [5.41, 5.74) is 4.54. The number of hydrogen-bond acceptors (Lipinski definition) is 3. The van der Waals surface area contributed by atoms with E-state index in [1.165, 1.54) is 0 Å². The highest BCUT2D eigenvalue weighted by atomic mass is 19.4. The first kappa shape index (κ1) is 10.1. The van der Waals surface area contributed by atoms with Crippen LogP contribution in [-0.4, -0.2) is 11.0 Å². The first-order valence-corrected chi connectivity index (χ1v) is 4.56. The van der Waals surface area contributed by atoms with Gasteiger partial charge in [0.1, 0.15) is 11.6 Å². The summed E-state index contributed by atoms with van der Waals surface area (Å²) in [6.45, 7) is 0. The van der Waals surface area contributed by atoms with Crippen molar-refractivity contribution in [1.82, 2.24) is 4.98 Å². The maximum Gasteiger partial charge on any atom is 0.416 e. The Bertz CT molecular complexity index is 371. The molecule has 0 aliphatic heterocycles. The molecule has 3 N–H and O–H groups in total. The number of nitrogens with one attached hydrogen (secondary N) is 1. The van der Waals surface area contributed by atoms with Crippen LogP contribution in [0.4, 0.5) is 24.8 Å². The highest BCUT2D eigenvalue weighted by molar-refractivity contribution is 5.48. The van der Waals surface area contributed by atoms with Crippen LogP contribution in [0, 0.1) is 0 Å². The van der Waals surface area contributed by atoms with Crippen molar-refractivity contribution in [2.75, 3.05) is 11.1 Å². The van der Waals surface area contributed by atoms with E-state index >= 15 is 0 Å². The van der Waals surface area contributed by atoms with E-state index in [4.69, 9.17) is 5.73 Å². The van der Waals surface area contributed by atoms with E-state index in [2.05, 4.69) is 10.3 Å². The zero-order valence-corrected chi connectivity index (χ0v) is 7.80. The van der Waals surface area contributed by atoms with Gasteiger partial charge in [-0.1, -0.05) is 0 Å². The van der Waals surface area contributed by atoms with Gasteiger partial charge in [-0.2, -0.15) is 13.2 Å². The van der Waals surface area contributed by atoms with Crippen LogP contribution >= 0.6 is 0 Å². The van der Waals surface area contributed by atoms with Crippen molar-refractivity contribution in [3.63, 3.8) is 0 Å². The molecule has 3 nitrogen and oxygen atoms in total. The monoisotopic (exact) mass is 217 g/mol. The van der Waals surface area contributed by atoms with Crippen LogP contribution in [-0.2, 0) is 6.18 Å². The first-order chi connectivity index (χ1) is 6.95. The van der Waals surface area contributed by atoms with Crippen LogP contribution in [0.5, 0.6) is 0 Å². The molecule has 0 saturated heterocycles. The Kier molecular flexibility index (Phi) is 2.21. The van der Waals surface area contributed by atoms with Crippen LogP contribution in [0.1, 0.15) is 18.4 Å². The van der Waals surface area contributed by atoms with Crippen molar-refractivity contribution < 1.29 is 13.2 Å². The lowest BCUT2D eigenvalue weighted by Gasteiger charge is -2.10. The minimum Gasteiger partial charge on any atom is -0.384 e. The third-order valence-corrected chi connectivity index (χ3v) is 2.10. The van der Waals surface area contributed by atoms with Gasteiger partial charge in [0.05, 0.1) is 5.56 Å². The summed E-state index contributed by atoms with van der Waals surface area (Å²) in [4.78, 5) is 3.79. The Morgan fingerprint density at radius 3 is 2.53 bits per heavy atom. The fraction of sp³-hybridized carbons (Fsp3) is 0.444. The second kappa shape index (κ2) is 3.29. The quantitative estimate of drug-likeness (QED) is 0.798. The number of alkyl halides is 3. The minimum absolute atomic E-state index is 0.118. The molecule has 0 unspecified atom stereocenters. The van der Waals surface area contributed by atoms with Gasteiger partial charge in [0.15, 0.2) is 0 Å². The van der Waals surface area contributed by atoms with Crippen molar-refractivity contribution in [3.8, 4) is 0 Å². The molecule has 2 rings (SSSR count). The number of nitrogens with two attached hydrogens (primary N) is 1. The summed E-state index contributed by atoms with van der Waals surface area (Å²) in [6, 6.07) is 2.06. The number of nitrogens with zero attached hydrogens (tertiary/aromatic N) is 1. The van der Waals surface area contributed by atoms with E-state index in [-0.39, 0.29) is 17.7 Å². The van der Waals surface area contributed by atoms with Gasteiger partial charge in [0.2, 0.25) is 0 Å².